The molecule has 0 radical (unpaired) electrons. The van der Waals surface area contributed by atoms with E-state index in [9.17, 15) is 4.79 Å². The number of hydrogen-bond acceptors (Lipinski definition) is 4. The number of nitrogens with one attached hydrogen (secondary N) is 2. The molecule has 1 unspecified atom stereocenters. The van der Waals surface area contributed by atoms with E-state index < -0.39 is 6.04 Å². The molecule has 0 spiro atoms. The highest BCUT2D eigenvalue weighted by Gasteiger charge is 2.30. The Hall–Kier alpha value is -1.92. The minimum absolute atomic E-state index is 0.0839. The van der Waals surface area contributed by atoms with Crippen LogP contribution >= 0.6 is 11.6 Å². The first-order valence-electron chi connectivity index (χ1n) is 5.82. The largest absolute Gasteiger partial charge is 0.324 e. The third-order valence-electron chi connectivity index (χ3n) is 3.11. The van der Waals surface area contributed by atoms with Gasteiger partial charge >= 0.3 is 0 Å². The van der Waals surface area contributed by atoms with Gasteiger partial charge in [0.05, 0.1) is 6.54 Å². The molecular weight excluding hydrogens is 266 g/mol. The van der Waals surface area contributed by atoms with Gasteiger partial charge in [0.1, 0.15) is 18.2 Å². The fraction of sp³-hybridized carbons (Fsp3) is 0.250. The van der Waals surface area contributed by atoms with Gasteiger partial charge in [0.15, 0.2) is 0 Å². The van der Waals surface area contributed by atoms with E-state index in [1.807, 2.05) is 7.05 Å². The van der Waals surface area contributed by atoms with Crippen molar-refractivity contribution in [3.63, 3.8) is 0 Å². The first-order chi connectivity index (χ1) is 9.15. The molecule has 0 saturated heterocycles. The number of benzene rings is 1. The highest BCUT2D eigenvalue weighted by atomic mass is 35.5. The average molecular weight is 278 g/mol. The monoisotopic (exact) mass is 277 g/mol. The quantitative estimate of drug-likeness (QED) is 0.886. The van der Waals surface area contributed by atoms with Crippen LogP contribution in [0.1, 0.15) is 17.4 Å². The standard InChI is InChI=1S/C12H12ClN5O/c1-18-6-15-17-10(18)5-14-11-8-4-7(13)2-3-9(8)16-12(11)19/h2-4,6,11,14H,5H2,1H3,(H,16,19). The molecule has 1 atom stereocenters. The third-order valence-corrected chi connectivity index (χ3v) is 3.35. The average Bonchev–Trinajstić information content (AvgIpc) is 2.90. The van der Waals surface area contributed by atoms with Crippen LogP contribution in [0.3, 0.4) is 0 Å². The van der Waals surface area contributed by atoms with E-state index in [1.54, 1.807) is 29.1 Å². The zero-order chi connectivity index (χ0) is 13.4. The number of carbonyl (C=O) groups is 1. The number of carbonyl (C=O) groups excluding carboxylic acids is 1. The number of nitrogens with zero attached hydrogens (tertiary/aromatic N) is 3. The zero-order valence-corrected chi connectivity index (χ0v) is 11.0. The molecule has 2 heterocycles. The number of fused-ring (bicyclic) bond motifs is 1. The molecule has 19 heavy (non-hydrogen) atoms. The first kappa shape index (κ1) is 12.1. The smallest absolute Gasteiger partial charge is 0.246 e. The van der Waals surface area contributed by atoms with Crippen molar-refractivity contribution in [3.05, 3.63) is 40.9 Å². The normalized spacial score (nSPS) is 17.4. The molecule has 0 fully saturated rings. The first-order valence-corrected chi connectivity index (χ1v) is 6.19. The van der Waals surface area contributed by atoms with Crippen molar-refractivity contribution in [1.29, 1.82) is 0 Å². The predicted molar refractivity (Wildman–Crippen MR) is 70.7 cm³/mol. The van der Waals surface area contributed by atoms with E-state index in [0.717, 1.165) is 17.1 Å². The molecule has 3 rings (SSSR count). The van der Waals surface area contributed by atoms with Gasteiger partial charge in [-0.25, -0.2) is 0 Å². The lowest BCUT2D eigenvalue weighted by atomic mass is 10.1. The second kappa shape index (κ2) is 4.64. The van der Waals surface area contributed by atoms with Crippen LogP contribution in [0.15, 0.2) is 24.5 Å². The van der Waals surface area contributed by atoms with Gasteiger partial charge in [0, 0.05) is 23.3 Å². The Morgan fingerprint density at radius 2 is 2.37 bits per heavy atom. The summed E-state index contributed by atoms with van der Waals surface area (Å²) in [4.78, 5) is 11.9. The van der Waals surface area contributed by atoms with E-state index in [-0.39, 0.29) is 5.91 Å². The fourth-order valence-corrected chi connectivity index (χ4v) is 2.28. The van der Waals surface area contributed by atoms with E-state index in [2.05, 4.69) is 20.8 Å². The van der Waals surface area contributed by atoms with Crippen LogP contribution in [0.2, 0.25) is 5.02 Å². The Labute approximate surface area is 114 Å². The number of anilines is 1. The highest BCUT2D eigenvalue weighted by Crippen LogP contribution is 2.32. The molecular formula is C12H12ClN5O. The molecule has 1 aromatic heterocycles. The van der Waals surface area contributed by atoms with Crippen LogP contribution < -0.4 is 10.6 Å². The van der Waals surface area contributed by atoms with Gasteiger partial charge < -0.3 is 9.88 Å². The summed E-state index contributed by atoms with van der Waals surface area (Å²) in [6.45, 7) is 0.459. The topological polar surface area (TPSA) is 71.8 Å². The summed E-state index contributed by atoms with van der Waals surface area (Å²) >= 11 is 5.97. The van der Waals surface area contributed by atoms with Gasteiger partial charge in [0.25, 0.3) is 0 Å². The summed E-state index contributed by atoms with van der Waals surface area (Å²) in [5, 5.41) is 14.4. The predicted octanol–water partition coefficient (Wildman–Crippen LogP) is 1.25. The number of aryl methyl sites for hydroxylation is 1. The number of hydrogen-bond donors (Lipinski definition) is 2. The minimum atomic E-state index is -0.412. The van der Waals surface area contributed by atoms with E-state index in [4.69, 9.17) is 11.6 Å². The molecule has 1 amide bonds. The molecule has 0 bridgehead atoms. The molecule has 0 saturated carbocycles. The van der Waals surface area contributed by atoms with Crippen LogP contribution in [-0.2, 0) is 18.4 Å². The molecule has 6 nitrogen and oxygen atoms in total. The van der Waals surface area contributed by atoms with Crippen molar-refractivity contribution in [2.24, 2.45) is 7.05 Å². The van der Waals surface area contributed by atoms with Crippen molar-refractivity contribution in [3.8, 4) is 0 Å². The Morgan fingerprint density at radius 1 is 1.53 bits per heavy atom. The van der Waals surface area contributed by atoms with Crippen LogP contribution in [0.4, 0.5) is 5.69 Å². The molecule has 98 valence electrons. The third kappa shape index (κ3) is 2.20. The second-order valence-electron chi connectivity index (χ2n) is 4.39. The Morgan fingerprint density at radius 3 is 3.11 bits per heavy atom. The van der Waals surface area contributed by atoms with Gasteiger partial charge in [0.2, 0.25) is 5.91 Å². The summed E-state index contributed by atoms with van der Waals surface area (Å²) in [5.41, 5.74) is 1.66. The summed E-state index contributed by atoms with van der Waals surface area (Å²) < 4.78 is 1.80. The van der Waals surface area contributed by atoms with E-state index in [0.29, 0.717) is 11.6 Å². The number of halogens is 1. The molecule has 1 aliphatic heterocycles. The second-order valence-corrected chi connectivity index (χ2v) is 4.83. The number of rotatable bonds is 3. The SMILES string of the molecule is Cn1cnnc1CNC1C(=O)Nc2ccc(Cl)cc21. The van der Waals surface area contributed by atoms with Gasteiger partial charge in [-0.3, -0.25) is 10.1 Å². The van der Waals surface area contributed by atoms with Crippen molar-refractivity contribution in [2.75, 3.05) is 5.32 Å². The fourth-order valence-electron chi connectivity index (χ4n) is 2.10. The van der Waals surface area contributed by atoms with Gasteiger partial charge in [-0.1, -0.05) is 11.6 Å². The van der Waals surface area contributed by atoms with Crippen molar-refractivity contribution in [1.82, 2.24) is 20.1 Å². The maximum atomic E-state index is 11.9. The van der Waals surface area contributed by atoms with Gasteiger partial charge in [-0.2, -0.15) is 0 Å². The van der Waals surface area contributed by atoms with E-state index in [1.165, 1.54) is 0 Å². The number of amides is 1. The molecule has 7 heteroatoms. The Balaban J connectivity index is 1.81. The Bertz CT molecular complexity index is 639. The summed E-state index contributed by atoms with van der Waals surface area (Å²) in [7, 11) is 1.86. The van der Waals surface area contributed by atoms with Crippen LogP contribution in [-0.4, -0.2) is 20.7 Å². The maximum Gasteiger partial charge on any atom is 0.246 e. The lowest BCUT2D eigenvalue weighted by Crippen LogP contribution is -2.28. The lowest BCUT2D eigenvalue weighted by molar-refractivity contribution is -0.117. The van der Waals surface area contributed by atoms with Gasteiger partial charge in [-0.15, -0.1) is 10.2 Å². The minimum Gasteiger partial charge on any atom is -0.324 e. The molecule has 0 aliphatic carbocycles. The maximum absolute atomic E-state index is 11.9. The van der Waals surface area contributed by atoms with Crippen LogP contribution in [0.5, 0.6) is 0 Å². The molecule has 2 N–H and O–H groups in total. The lowest BCUT2D eigenvalue weighted by Gasteiger charge is -2.11. The van der Waals surface area contributed by atoms with Crippen molar-refractivity contribution >= 4 is 23.2 Å². The molecule has 2 aromatic rings. The highest BCUT2D eigenvalue weighted by molar-refractivity contribution is 6.31. The zero-order valence-electron chi connectivity index (χ0n) is 10.2. The summed E-state index contributed by atoms with van der Waals surface area (Å²) in [6.07, 6.45) is 1.62. The van der Waals surface area contributed by atoms with E-state index >= 15 is 0 Å². The molecule has 1 aliphatic rings. The Kier molecular flexibility index (Phi) is 2.96. The molecule has 1 aromatic carbocycles. The van der Waals surface area contributed by atoms with Crippen LogP contribution in [0, 0.1) is 0 Å². The van der Waals surface area contributed by atoms with Gasteiger partial charge in [-0.05, 0) is 18.2 Å². The van der Waals surface area contributed by atoms with Crippen molar-refractivity contribution < 1.29 is 4.79 Å². The van der Waals surface area contributed by atoms with Crippen LogP contribution in [0.25, 0.3) is 0 Å². The summed E-state index contributed by atoms with van der Waals surface area (Å²) in [5.74, 6) is 0.683. The van der Waals surface area contributed by atoms with Crippen molar-refractivity contribution in [2.45, 2.75) is 12.6 Å². The number of aromatic nitrogens is 3. The summed E-state index contributed by atoms with van der Waals surface area (Å²) in [6, 6.07) is 4.94.